The van der Waals surface area contributed by atoms with Crippen LogP contribution in [-0.4, -0.2) is 77.6 Å². The van der Waals surface area contributed by atoms with Crippen LogP contribution in [0.2, 0.25) is 0 Å². The lowest BCUT2D eigenvalue weighted by atomic mass is 10.0. The van der Waals surface area contributed by atoms with Crippen LogP contribution < -0.4 is 5.32 Å². The molecule has 2 atom stereocenters. The second kappa shape index (κ2) is 6.95. The van der Waals surface area contributed by atoms with Gasteiger partial charge in [-0.2, -0.15) is 0 Å². The summed E-state index contributed by atoms with van der Waals surface area (Å²) in [5.41, 5.74) is 0.874. The predicted octanol–water partition coefficient (Wildman–Crippen LogP) is 0.634. The molecular weight excluding hydrogens is 336 g/mol. The number of morpholine rings is 1. The van der Waals surface area contributed by atoms with Gasteiger partial charge in [0.2, 0.25) is 0 Å². The molecule has 1 aromatic rings. The monoisotopic (exact) mass is 358 g/mol. The quantitative estimate of drug-likeness (QED) is 0.841. The molecule has 8 nitrogen and oxygen atoms in total. The highest BCUT2D eigenvalue weighted by molar-refractivity contribution is 6.02. The van der Waals surface area contributed by atoms with Crippen molar-refractivity contribution in [3.63, 3.8) is 0 Å². The van der Waals surface area contributed by atoms with E-state index >= 15 is 0 Å². The molecule has 0 unspecified atom stereocenters. The normalized spacial score (nSPS) is 25.9. The Balaban J connectivity index is 1.52. The van der Waals surface area contributed by atoms with Crippen LogP contribution in [-0.2, 0) is 16.1 Å². The Bertz CT molecular complexity index is 704. The summed E-state index contributed by atoms with van der Waals surface area (Å²) < 4.78 is 5.29. The van der Waals surface area contributed by atoms with E-state index in [4.69, 9.17) is 4.74 Å². The topological polar surface area (TPSA) is 82.2 Å². The number of ether oxygens (including phenoxy) is 1. The zero-order chi connectivity index (χ0) is 18.1. The van der Waals surface area contributed by atoms with Gasteiger partial charge >= 0.3 is 12.1 Å². The van der Waals surface area contributed by atoms with Crippen LogP contribution in [0.5, 0.6) is 0 Å². The van der Waals surface area contributed by atoms with Crippen LogP contribution in [0, 0.1) is 0 Å². The molecule has 3 aliphatic heterocycles. The molecule has 26 heavy (non-hydrogen) atoms. The largest absolute Gasteiger partial charge is 0.378 e. The van der Waals surface area contributed by atoms with Gasteiger partial charge in [0.05, 0.1) is 25.8 Å². The third-order valence-corrected chi connectivity index (χ3v) is 5.18. The van der Waals surface area contributed by atoms with Crippen LogP contribution in [0.4, 0.5) is 9.59 Å². The van der Waals surface area contributed by atoms with E-state index in [0.29, 0.717) is 39.3 Å². The van der Waals surface area contributed by atoms with E-state index in [9.17, 15) is 14.4 Å². The number of hydrogen-bond donors (Lipinski definition) is 1. The summed E-state index contributed by atoms with van der Waals surface area (Å²) in [6, 6.07) is 7.89. The molecular formula is C18H22N4O4. The highest BCUT2D eigenvalue weighted by Gasteiger charge is 2.50. The van der Waals surface area contributed by atoms with E-state index in [-0.39, 0.29) is 30.6 Å². The third-order valence-electron chi connectivity index (χ3n) is 5.18. The number of nitrogens with one attached hydrogen (secondary N) is 1. The fourth-order valence-electron chi connectivity index (χ4n) is 3.81. The Morgan fingerprint density at radius 2 is 1.85 bits per heavy atom. The standard InChI is InChI=1S/C18H22N4O4/c23-16-15-14(6-7-21(15)18(25)20-8-10-26-11-9-20)19-17(24)22(16)12-13-4-2-1-3-5-13/h1-5,14-15H,6-12H2,(H,19,24)/t14-,15-/m1/s1. The van der Waals surface area contributed by atoms with Crippen molar-refractivity contribution >= 4 is 18.0 Å². The summed E-state index contributed by atoms with van der Waals surface area (Å²) in [6.45, 7) is 2.75. The fraction of sp³-hybridized carbons (Fsp3) is 0.500. The van der Waals surface area contributed by atoms with Crippen LogP contribution in [0.25, 0.3) is 0 Å². The number of urea groups is 2. The number of likely N-dealkylation sites (tertiary alicyclic amines) is 1. The Labute approximate surface area is 151 Å². The van der Waals surface area contributed by atoms with Gasteiger partial charge in [0.25, 0.3) is 5.91 Å². The maximum atomic E-state index is 13.0. The molecule has 3 aliphatic rings. The second-order valence-corrected chi connectivity index (χ2v) is 6.77. The average Bonchev–Trinajstić information content (AvgIpc) is 3.10. The van der Waals surface area contributed by atoms with Gasteiger partial charge in [0.15, 0.2) is 0 Å². The van der Waals surface area contributed by atoms with Crippen molar-refractivity contribution in [1.29, 1.82) is 0 Å². The molecule has 5 amide bonds. The van der Waals surface area contributed by atoms with Gasteiger partial charge in [0.1, 0.15) is 6.04 Å². The summed E-state index contributed by atoms with van der Waals surface area (Å²) in [7, 11) is 0. The highest BCUT2D eigenvalue weighted by Crippen LogP contribution is 2.26. The minimum atomic E-state index is -0.633. The maximum absolute atomic E-state index is 13.0. The van der Waals surface area contributed by atoms with Crippen molar-refractivity contribution in [3.05, 3.63) is 35.9 Å². The minimum absolute atomic E-state index is 0.148. The summed E-state index contributed by atoms with van der Waals surface area (Å²) in [5.74, 6) is -0.304. The van der Waals surface area contributed by atoms with E-state index in [1.54, 1.807) is 9.80 Å². The number of nitrogens with zero attached hydrogens (tertiary/aromatic N) is 3. The van der Waals surface area contributed by atoms with E-state index in [0.717, 1.165) is 5.56 Å². The number of carbonyl (C=O) groups excluding carboxylic acids is 3. The molecule has 0 saturated carbocycles. The van der Waals surface area contributed by atoms with Gasteiger partial charge in [-0.3, -0.25) is 9.69 Å². The fourth-order valence-corrected chi connectivity index (χ4v) is 3.81. The van der Waals surface area contributed by atoms with E-state index in [2.05, 4.69) is 5.32 Å². The molecule has 1 aromatic carbocycles. The molecule has 0 spiro atoms. The lowest BCUT2D eigenvalue weighted by Gasteiger charge is -2.39. The summed E-state index contributed by atoms with van der Waals surface area (Å²) in [6.07, 6.45) is 0.595. The maximum Gasteiger partial charge on any atom is 0.324 e. The Kier molecular flexibility index (Phi) is 4.50. The molecule has 138 valence electrons. The number of imide groups is 1. The lowest BCUT2D eigenvalue weighted by Crippen LogP contribution is -2.65. The van der Waals surface area contributed by atoms with Gasteiger partial charge in [-0.25, -0.2) is 9.59 Å². The number of benzene rings is 1. The van der Waals surface area contributed by atoms with Crippen LogP contribution in [0.1, 0.15) is 12.0 Å². The molecule has 8 heteroatoms. The summed E-state index contributed by atoms with van der Waals surface area (Å²) in [5, 5.41) is 2.90. The van der Waals surface area contributed by atoms with Crippen molar-refractivity contribution in [2.75, 3.05) is 32.8 Å². The predicted molar refractivity (Wildman–Crippen MR) is 92.2 cm³/mol. The third kappa shape index (κ3) is 3.01. The van der Waals surface area contributed by atoms with Crippen molar-refractivity contribution in [2.45, 2.75) is 25.0 Å². The van der Waals surface area contributed by atoms with Crippen molar-refractivity contribution in [1.82, 2.24) is 20.0 Å². The first-order valence-corrected chi connectivity index (χ1v) is 8.94. The molecule has 0 aromatic heterocycles. The highest BCUT2D eigenvalue weighted by atomic mass is 16.5. The second-order valence-electron chi connectivity index (χ2n) is 6.77. The van der Waals surface area contributed by atoms with Crippen LogP contribution in [0.3, 0.4) is 0 Å². The number of fused-ring (bicyclic) bond motifs is 1. The molecule has 0 bridgehead atoms. The van der Waals surface area contributed by atoms with Gasteiger partial charge in [0, 0.05) is 19.6 Å². The van der Waals surface area contributed by atoms with Gasteiger partial charge in [-0.15, -0.1) is 0 Å². The smallest absolute Gasteiger partial charge is 0.324 e. The SMILES string of the molecule is O=C1N[C@@H]2CCN(C(=O)N3CCOCC3)[C@H]2C(=O)N1Cc1ccccc1. The van der Waals surface area contributed by atoms with Crippen molar-refractivity contribution in [2.24, 2.45) is 0 Å². The molecule has 3 fully saturated rings. The molecule has 4 rings (SSSR count). The first kappa shape index (κ1) is 16.8. The van der Waals surface area contributed by atoms with E-state index in [1.165, 1.54) is 4.90 Å². The van der Waals surface area contributed by atoms with Crippen molar-refractivity contribution < 1.29 is 19.1 Å². The van der Waals surface area contributed by atoms with Crippen molar-refractivity contribution in [3.8, 4) is 0 Å². The molecule has 3 saturated heterocycles. The Hall–Kier alpha value is -2.61. The molecule has 3 heterocycles. The Morgan fingerprint density at radius 1 is 1.12 bits per heavy atom. The first-order chi connectivity index (χ1) is 12.6. The lowest BCUT2D eigenvalue weighted by molar-refractivity contribution is -0.135. The summed E-state index contributed by atoms with van der Waals surface area (Å²) in [4.78, 5) is 42.8. The number of amides is 5. The average molecular weight is 358 g/mol. The van der Waals surface area contributed by atoms with Gasteiger partial charge in [-0.05, 0) is 12.0 Å². The van der Waals surface area contributed by atoms with Gasteiger partial charge < -0.3 is 19.9 Å². The van der Waals surface area contributed by atoms with E-state index < -0.39 is 6.04 Å². The number of rotatable bonds is 2. The van der Waals surface area contributed by atoms with Crippen LogP contribution >= 0.6 is 0 Å². The molecule has 0 radical (unpaired) electrons. The van der Waals surface area contributed by atoms with Gasteiger partial charge in [-0.1, -0.05) is 30.3 Å². The summed E-state index contributed by atoms with van der Waals surface area (Å²) >= 11 is 0. The zero-order valence-corrected chi connectivity index (χ0v) is 14.5. The molecule has 1 N–H and O–H groups in total. The number of hydrogen-bond acceptors (Lipinski definition) is 4. The molecule has 0 aliphatic carbocycles. The van der Waals surface area contributed by atoms with Crippen LogP contribution in [0.15, 0.2) is 30.3 Å². The Morgan fingerprint density at radius 3 is 2.58 bits per heavy atom. The number of carbonyl (C=O) groups is 3. The zero-order valence-electron chi connectivity index (χ0n) is 14.5. The van der Waals surface area contributed by atoms with E-state index in [1.807, 2.05) is 30.3 Å². The first-order valence-electron chi connectivity index (χ1n) is 8.94. The minimum Gasteiger partial charge on any atom is -0.378 e.